The molecule has 0 fully saturated rings. The van der Waals surface area contributed by atoms with E-state index in [1.54, 1.807) is 4.52 Å². The molecular formula is C12H8ClN3OS. The van der Waals surface area contributed by atoms with Crippen molar-refractivity contribution in [2.45, 2.75) is 6.92 Å². The Morgan fingerprint density at radius 1 is 1.28 bits per heavy atom. The zero-order valence-electron chi connectivity index (χ0n) is 9.42. The standard InChI is InChI=1S/C12H8ClN3OS/c1-7-6-10(17)14-12-16(7)15-11(18-12)8-2-4-9(13)5-3-8/h2-6H,1H3. The van der Waals surface area contributed by atoms with E-state index in [4.69, 9.17) is 11.6 Å². The summed E-state index contributed by atoms with van der Waals surface area (Å²) >= 11 is 7.23. The number of aromatic nitrogens is 3. The molecule has 0 bridgehead atoms. The van der Waals surface area contributed by atoms with Crippen LogP contribution < -0.4 is 5.56 Å². The molecule has 6 heteroatoms. The Labute approximate surface area is 111 Å². The van der Waals surface area contributed by atoms with E-state index >= 15 is 0 Å². The van der Waals surface area contributed by atoms with Crippen molar-refractivity contribution in [1.29, 1.82) is 0 Å². The molecule has 0 amide bonds. The van der Waals surface area contributed by atoms with E-state index in [2.05, 4.69) is 10.1 Å². The van der Waals surface area contributed by atoms with Crippen LogP contribution in [0.5, 0.6) is 0 Å². The molecule has 0 atom stereocenters. The fraction of sp³-hybridized carbons (Fsp3) is 0.0833. The Bertz CT molecular complexity index is 776. The molecule has 0 saturated carbocycles. The van der Waals surface area contributed by atoms with E-state index in [-0.39, 0.29) is 5.56 Å². The number of rotatable bonds is 1. The van der Waals surface area contributed by atoms with Crippen LogP contribution in [0.1, 0.15) is 5.69 Å². The molecule has 0 radical (unpaired) electrons. The van der Waals surface area contributed by atoms with E-state index in [1.165, 1.54) is 17.4 Å². The van der Waals surface area contributed by atoms with Crippen LogP contribution in [0.4, 0.5) is 0 Å². The molecule has 2 heterocycles. The second-order valence-corrected chi connectivity index (χ2v) is 5.24. The summed E-state index contributed by atoms with van der Waals surface area (Å²) in [6.07, 6.45) is 0. The molecule has 0 spiro atoms. The van der Waals surface area contributed by atoms with E-state index in [0.29, 0.717) is 9.98 Å². The summed E-state index contributed by atoms with van der Waals surface area (Å²) in [6.45, 7) is 1.83. The lowest BCUT2D eigenvalue weighted by molar-refractivity contribution is 0.890. The van der Waals surface area contributed by atoms with Crippen molar-refractivity contribution in [3.05, 3.63) is 51.4 Å². The van der Waals surface area contributed by atoms with Gasteiger partial charge in [-0.2, -0.15) is 10.1 Å². The number of hydrogen-bond donors (Lipinski definition) is 0. The minimum atomic E-state index is -0.237. The lowest BCUT2D eigenvalue weighted by atomic mass is 10.2. The number of nitrogens with zero attached hydrogens (tertiary/aromatic N) is 3. The van der Waals surface area contributed by atoms with Gasteiger partial charge < -0.3 is 0 Å². The third-order valence-electron chi connectivity index (χ3n) is 2.52. The highest BCUT2D eigenvalue weighted by atomic mass is 35.5. The van der Waals surface area contributed by atoms with E-state index < -0.39 is 0 Å². The molecule has 4 nitrogen and oxygen atoms in total. The van der Waals surface area contributed by atoms with Crippen LogP contribution in [-0.4, -0.2) is 14.6 Å². The fourth-order valence-electron chi connectivity index (χ4n) is 1.66. The fourth-order valence-corrected chi connectivity index (χ4v) is 2.74. The summed E-state index contributed by atoms with van der Waals surface area (Å²) < 4.78 is 1.68. The maximum atomic E-state index is 11.3. The quantitative estimate of drug-likeness (QED) is 0.687. The zero-order chi connectivity index (χ0) is 12.7. The first kappa shape index (κ1) is 11.4. The highest BCUT2D eigenvalue weighted by molar-refractivity contribution is 7.19. The number of aryl methyl sites for hydroxylation is 1. The van der Waals surface area contributed by atoms with Crippen molar-refractivity contribution in [3.63, 3.8) is 0 Å². The van der Waals surface area contributed by atoms with Gasteiger partial charge in [0.1, 0.15) is 5.01 Å². The monoisotopic (exact) mass is 277 g/mol. The third-order valence-corrected chi connectivity index (χ3v) is 3.73. The summed E-state index contributed by atoms with van der Waals surface area (Å²) in [6, 6.07) is 8.89. The lowest BCUT2D eigenvalue weighted by Crippen LogP contribution is -2.08. The zero-order valence-corrected chi connectivity index (χ0v) is 11.0. The van der Waals surface area contributed by atoms with Crippen LogP contribution in [-0.2, 0) is 0 Å². The third kappa shape index (κ3) is 1.91. The summed E-state index contributed by atoms with van der Waals surface area (Å²) in [5, 5.41) is 5.94. The molecule has 3 rings (SSSR count). The smallest absolute Gasteiger partial charge is 0.267 e. The average Bonchev–Trinajstić information content (AvgIpc) is 2.74. The van der Waals surface area contributed by atoms with Crippen molar-refractivity contribution in [3.8, 4) is 10.6 Å². The molecule has 90 valence electrons. The van der Waals surface area contributed by atoms with Crippen LogP contribution in [0.3, 0.4) is 0 Å². The first-order valence-corrected chi connectivity index (χ1v) is 6.46. The van der Waals surface area contributed by atoms with Gasteiger partial charge in [-0.15, -0.1) is 0 Å². The van der Waals surface area contributed by atoms with Crippen LogP contribution in [0, 0.1) is 6.92 Å². The van der Waals surface area contributed by atoms with Crippen LogP contribution in [0.15, 0.2) is 35.1 Å². The Morgan fingerprint density at radius 3 is 2.72 bits per heavy atom. The lowest BCUT2D eigenvalue weighted by Gasteiger charge is -1.95. The average molecular weight is 278 g/mol. The molecule has 0 unspecified atom stereocenters. The maximum absolute atomic E-state index is 11.3. The summed E-state index contributed by atoms with van der Waals surface area (Å²) in [7, 11) is 0. The summed E-state index contributed by atoms with van der Waals surface area (Å²) in [5.74, 6) is 0. The van der Waals surface area contributed by atoms with Crippen molar-refractivity contribution < 1.29 is 0 Å². The van der Waals surface area contributed by atoms with Gasteiger partial charge in [-0.05, 0) is 19.1 Å². The van der Waals surface area contributed by atoms with Gasteiger partial charge in [0.05, 0.1) is 0 Å². The number of benzene rings is 1. The van der Waals surface area contributed by atoms with Gasteiger partial charge in [-0.3, -0.25) is 4.79 Å². The van der Waals surface area contributed by atoms with Crippen LogP contribution in [0.25, 0.3) is 15.5 Å². The molecule has 0 N–H and O–H groups in total. The van der Waals surface area contributed by atoms with Crippen molar-refractivity contribution in [2.75, 3.05) is 0 Å². The first-order valence-electron chi connectivity index (χ1n) is 5.27. The molecule has 0 aliphatic heterocycles. The molecule has 0 aliphatic carbocycles. The highest BCUT2D eigenvalue weighted by Gasteiger charge is 2.08. The van der Waals surface area contributed by atoms with Gasteiger partial charge in [-0.1, -0.05) is 35.1 Å². The van der Waals surface area contributed by atoms with Gasteiger partial charge in [0, 0.05) is 22.3 Å². The summed E-state index contributed by atoms with van der Waals surface area (Å²) in [5.41, 5.74) is 1.50. The molecule has 0 aliphatic rings. The Hall–Kier alpha value is -1.72. The van der Waals surface area contributed by atoms with E-state index in [0.717, 1.165) is 16.3 Å². The number of halogens is 1. The van der Waals surface area contributed by atoms with Crippen LogP contribution in [0.2, 0.25) is 5.02 Å². The Balaban J connectivity index is 2.22. The largest absolute Gasteiger partial charge is 0.274 e. The minimum absolute atomic E-state index is 0.237. The van der Waals surface area contributed by atoms with Crippen LogP contribution >= 0.6 is 22.9 Å². The summed E-state index contributed by atoms with van der Waals surface area (Å²) in [4.78, 5) is 15.9. The Kier molecular flexibility index (Phi) is 2.65. The van der Waals surface area contributed by atoms with E-state index in [1.807, 2.05) is 31.2 Å². The van der Waals surface area contributed by atoms with Gasteiger partial charge in [0.2, 0.25) is 4.96 Å². The predicted molar refractivity (Wildman–Crippen MR) is 72.3 cm³/mol. The molecule has 2 aromatic heterocycles. The molecule has 0 saturated heterocycles. The second-order valence-electron chi connectivity index (χ2n) is 3.84. The molecular weight excluding hydrogens is 270 g/mol. The normalized spacial score (nSPS) is 11.0. The van der Waals surface area contributed by atoms with Gasteiger partial charge in [0.15, 0.2) is 0 Å². The first-order chi connectivity index (χ1) is 8.63. The highest BCUT2D eigenvalue weighted by Crippen LogP contribution is 2.25. The minimum Gasteiger partial charge on any atom is -0.267 e. The van der Waals surface area contributed by atoms with Gasteiger partial charge in [-0.25, -0.2) is 4.52 Å². The van der Waals surface area contributed by atoms with Crippen molar-refractivity contribution in [2.24, 2.45) is 0 Å². The van der Waals surface area contributed by atoms with Gasteiger partial charge >= 0.3 is 0 Å². The number of hydrogen-bond acceptors (Lipinski definition) is 4. The molecule has 18 heavy (non-hydrogen) atoms. The number of fused-ring (bicyclic) bond motifs is 1. The molecule has 1 aromatic carbocycles. The maximum Gasteiger partial charge on any atom is 0.274 e. The van der Waals surface area contributed by atoms with E-state index in [9.17, 15) is 4.79 Å². The molecule has 3 aromatic rings. The van der Waals surface area contributed by atoms with Crippen molar-refractivity contribution >= 4 is 27.9 Å². The van der Waals surface area contributed by atoms with Crippen molar-refractivity contribution in [1.82, 2.24) is 14.6 Å². The van der Waals surface area contributed by atoms with Gasteiger partial charge in [0.25, 0.3) is 5.56 Å². The second kappa shape index (κ2) is 4.19. The topological polar surface area (TPSA) is 47.3 Å². The Morgan fingerprint density at radius 2 is 2.00 bits per heavy atom. The SMILES string of the molecule is Cc1cc(=O)nc2sc(-c3ccc(Cl)cc3)nn12. The predicted octanol–water partition coefficient (Wildman–Crippen LogP) is 2.78.